The number of imidazole rings is 1. The number of aldehydes is 1. The van der Waals surface area contributed by atoms with E-state index in [1.54, 1.807) is 6.20 Å². The zero-order chi connectivity index (χ0) is 9.14. The highest BCUT2D eigenvalue weighted by Crippen LogP contribution is 2.17. The standard InChI is InChI=1S/C9H14N2O/c1-7(2)8(3)11-5-4-10-9(11)6-12/h4-8H,1-3H3. The monoisotopic (exact) mass is 166 g/mol. The molecule has 3 nitrogen and oxygen atoms in total. The van der Waals surface area contributed by atoms with Gasteiger partial charge in [-0.1, -0.05) is 13.8 Å². The van der Waals surface area contributed by atoms with Gasteiger partial charge in [0.15, 0.2) is 12.1 Å². The number of carbonyl (C=O) groups excluding carboxylic acids is 1. The van der Waals surface area contributed by atoms with Crippen LogP contribution in [0.4, 0.5) is 0 Å². The Morgan fingerprint density at radius 1 is 1.50 bits per heavy atom. The highest BCUT2D eigenvalue weighted by Gasteiger charge is 2.11. The number of aromatic nitrogens is 2. The van der Waals surface area contributed by atoms with Crippen molar-refractivity contribution in [2.45, 2.75) is 26.8 Å². The van der Waals surface area contributed by atoms with Crippen molar-refractivity contribution >= 4 is 6.29 Å². The summed E-state index contributed by atoms with van der Waals surface area (Å²) in [7, 11) is 0. The molecule has 1 aromatic heterocycles. The molecule has 0 spiro atoms. The van der Waals surface area contributed by atoms with Gasteiger partial charge in [-0.3, -0.25) is 4.79 Å². The molecule has 0 aliphatic rings. The molecular weight excluding hydrogens is 152 g/mol. The summed E-state index contributed by atoms with van der Waals surface area (Å²) in [6.07, 6.45) is 4.29. The van der Waals surface area contributed by atoms with Crippen molar-refractivity contribution in [1.29, 1.82) is 0 Å². The third-order valence-electron chi connectivity index (χ3n) is 2.21. The summed E-state index contributed by atoms with van der Waals surface area (Å²) in [5.41, 5.74) is 0. The molecule has 1 atom stereocenters. The SMILES string of the molecule is CC(C)C(C)n1ccnc1C=O. The van der Waals surface area contributed by atoms with Crippen LogP contribution in [0.2, 0.25) is 0 Å². The molecule has 66 valence electrons. The highest BCUT2D eigenvalue weighted by atomic mass is 16.1. The Morgan fingerprint density at radius 2 is 2.17 bits per heavy atom. The van der Waals surface area contributed by atoms with Crippen LogP contribution in [-0.2, 0) is 0 Å². The Morgan fingerprint density at radius 3 is 2.67 bits per heavy atom. The smallest absolute Gasteiger partial charge is 0.185 e. The van der Waals surface area contributed by atoms with Gasteiger partial charge in [-0.15, -0.1) is 0 Å². The molecule has 12 heavy (non-hydrogen) atoms. The van der Waals surface area contributed by atoms with E-state index in [2.05, 4.69) is 25.8 Å². The Bertz CT molecular complexity index is 265. The summed E-state index contributed by atoms with van der Waals surface area (Å²) in [6, 6.07) is 0.327. The number of carbonyl (C=O) groups is 1. The third-order valence-corrected chi connectivity index (χ3v) is 2.21. The lowest BCUT2D eigenvalue weighted by molar-refractivity contribution is 0.110. The number of hydrogen-bond donors (Lipinski definition) is 0. The van der Waals surface area contributed by atoms with E-state index in [0.29, 0.717) is 17.8 Å². The minimum atomic E-state index is 0.327. The van der Waals surface area contributed by atoms with Crippen LogP contribution in [0.1, 0.15) is 37.4 Å². The Labute approximate surface area is 72.4 Å². The van der Waals surface area contributed by atoms with E-state index in [4.69, 9.17) is 0 Å². The van der Waals surface area contributed by atoms with Gasteiger partial charge in [-0.2, -0.15) is 0 Å². The zero-order valence-electron chi connectivity index (χ0n) is 7.69. The first kappa shape index (κ1) is 8.97. The fraction of sp³-hybridized carbons (Fsp3) is 0.556. The van der Waals surface area contributed by atoms with Gasteiger partial charge in [0.2, 0.25) is 0 Å². The third kappa shape index (κ3) is 1.55. The Hall–Kier alpha value is -1.12. The fourth-order valence-electron chi connectivity index (χ4n) is 1.08. The summed E-state index contributed by atoms with van der Waals surface area (Å²) in [5.74, 6) is 1.02. The van der Waals surface area contributed by atoms with E-state index in [9.17, 15) is 4.79 Å². The van der Waals surface area contributed by atoms with Crippen molar-refractivity contribution in [2.75, 3.05) is 0 Å². The van der Waals surface area contributed by atoms with Crippen molar-refractivity contribution in [3.63, 3.8) is 0 Å². The number of nitrogens with zero attached hydrogens (tertiary/aromatic N) is 2. The molecule has 0 aliphatic carbocycles. The molecule has 0 N–H and O–H groups in total. The van der Waals surface area contributed by atoms with Crippen LogP contribution in [0.5, 0.6) is 0 Å². The summed E-state index contributed by atoms with van der Waals surface area (Å²) >= 11 is 0. The largest absolute Gasteiger partial charge is 0.326 e. The lowest BCUT2D eigenvalue weighted by atomic mass is 10.1. The van der Waals surface area contributed by atoms with Gasteiger partial charge < -0.3 is 4.57 Å². The van der Waals surface area contributed by atoms with Gasteiger partial charge in [0.1, 0.15) is 0 Å². The molecule has 0 amide bonds. The van der Waals surface area contributed by atoms with Crippen molar-refractivity contribution in [1.82, 2.24) is 9.55 Å². The molecule has 0 radical (unpaired) electrons. The molecule has 0 saturated carbocycles. The molecular formula is C9H14N2O. The van der Waals surface area contributed by atoms with Crippen LogP contribution in [0.15, 0.2) is 12.4 Å². The predicted octanol–water partition coefficient (Wildman–Crippen LogP) is 1.91. The second kappa shape index (κ2) is 3.52. The number of rotatable bonds is 3. The molecule has 0 saturated heterocycles. The van der Waals surface area contributed by atoms with Gasteiger partial charge in [-0.25, -0.2) is 4.98 Å². The van der Waals surface area contributed by atoms with Gasteiger partial charge >= 0.3 is 0 Å². The van der Waals surface area contributed by atoms with E-state index in [-0.39, 0.29) is 0 Å². The molecule has 1 aromatic rings. The van der Waals surface area contributed by atoms with Crippen LogP contribution >= 0.6 is 0 Å². The molecule has 1 rings (SSSR count). The van der Waals surface area contributed by atoms with E-state index in [0.717, 1.165) is 6.29 Å². The maximum Gasteiger partial charge on any atom is 0.185 e. The van der Waals surface area contributed by atoms with Crippen LogP contribution in [0.25, 0.3) is 0 Å². The summed E-state index contributed by atoms with van der Waals surface area (Å²) < 4.78 is 1.90. The minimum absolute atomic E-state index is 0.327. The van der Waals surface area contributed by atoms with Crippen LogP contribution in [0, 0.1) is 5.92 Å². The number of hydrogen-bond acceptors (Lipinski definition) is 2. The lowest BCUT2D eigenvalue weighted by Gasteiger charge is -2.17. The van der Waals surface area contributed by atoms with Gasteiger partial charge in [0, 0.05) is 18.4 Å². The molecule has 1 heterocycles. The van der Waals surface area contributed by atoms with Crippen LogP contribution < -0.4 is 0 Å². The first-order valence-electron chi connectivity index (χ1n) is 4.14. The molecule has 0 fully saturated rings. The maximum atomic E-state index is 10.5. The van der Waals surface area contributed by atoms with Gasteiger partial charge in [0.25, 0.3) is 0 Å². The molecule has 0 bridgehead atoms. The van der Waals surface area contributed by atoms with E-state index < -0.39 is 0 Å². The highest BCUT2D eigenvalue weighted by molar-refractivity contribution is 5.69. The first-order valence-corrected chi connectivity index (χ1v) is 4.14. The van der Waals surface area contributed by atoms with E-state index in [1.165, 1.54) is 0 Å². The van der Waals surface area contributed by atoms with E-state index in [1.807, 2.05) is 10.8 Å². The Balaban J connectivity index is 2.93. The molecule has 1 unspecified atom stereocenters. The van der Waals surface area contributed by atoms with Gasteiger partial charge in [0.05, 0.1) is 0 Å². The Kier molecular flexibility index (Phi) is 2.63. The van der Waals surface area contributed by atoms with Gasteiger partial charge in [-0.05, 0) is 12.8 Å². The molecule has 0 aromatic carbocycles. The zero-order valence-corrected chi connectivity index (χ0v) is 7.69. The molecule has 0 aliphatic heterocycles. The van der Waals surface area contributed by atoms with Crippen LogP contribution in [-0.4, -0.2) is 15.8 Å². The van der Waals surface area contributed by atoms with E-state index >= 15 is 0 Å². The maximum absolute atomic E-state index is 10.5. The molecule has 3 heteroatoms. The lowest BCUT2D eigenvalue weighted by Crippen LogP contribution is -2.13. The predicted molar refractivity (Wildman–Crippen MR) is 47.2 cm³/mol. The van der Waals surface area contributed by atoms with Crippen molar-refractivity contribution in [3.05, 3.63) is 18.2 Å². The van der Waals surface area contributed by atoms with Crippen molar-refractivity contribution in [3.8, 4) is 0 Å². The summed E-state index contributed by atoms with van der Waals surface area (Å²) in [5, 5.41) is 0. The summed E-state index contributed by atoms with van der Waals surface area (Å²) in [6.45, 7) is 6.33. The van der Waals surface area contributed by atoms with Crippen LogP contribution in [0.3, 0.4) is 0 Å². The quantitative estimate of drug-likeness (QED) is 0.643. The topological polar surface area (TPSA) is 34.9 Å². The second-order valence-corrected chi connectivity index (χ2v) is 3.30. The average Bonchev–Trinajstić information content (AvgIpc) is 2.49. The minimum Gasteiger partial charge on any atom is -0.326 e. The van der Waals surface area contributed by atoms with Crippen molar-refractivity contribution in [2.24, 2.45) is 5.92 Å². The second-order valence-electron chi connectivity index (χ2n) is 3.30. The fourth-order valence-corrected chi connectivity index (χ4v) is 1.08. The average molecular weight is 166 g/mol. The normalized spacial score (nSPS) is 13.3. The summed E-state index contributed by atoms with van der Waals surface area (Å²) in [4.78, 5) is 14.5. The first-order chi connectivity index (χ1) is 5.66. The van der Waals surface area contributed by atoms with Crippen molar-refractivity contribution < 1.29 is 4.79 Å².